The molecule has 1 saturated heterocycles. The Hall–Kier alpha value is -0.940. The molecule has 17 heavy (non-hydrogen) atoms. The first-order chi connectivity index (χ1) is 8.20. The van der Waals surface area contributed by atoms with Crippen LogP contribution in [0, 0.1) is 0 Å². The van der Waals surface area contributed by atoms with Crippen molar-refractivity contribution >= 4 is 10.8 Å². The number of nitrogens with zero attached hydrogens (tertiary/aromatic N) is 1. The number of pyridine rings is 1. The van der Waals surface area contributed by atoms with Gasteiger partial charge in [-0.25, -0.2) is 4.98 Å². The number of hydrogen-bond acceptors (Lipinski definition) is 4. The van der Waals surface area contributed by atoms with Crippen LogP contribution in [-0.4, -0.2) is 34.3 Å². The zero-order valence-electron chi connectivity index (χ0n) is 10.1. The van der Waals surface area contributed by atoms with Crippen LogP contribution >= 0.6 is 0 Å². The smallest absolute Gasteiger partial charge is 0.213 e. The van der Waals surface area contributed by atoms with Crippen molar-refractivity contribution in [1.29, 1.82) is 0 Å². The summed E-state index contributed by atoms with van der Waals surface area (Å²) in [6.07, 6.45) is 0.957. The van der Waals surface area contributed by atoms with Crippen LogP contribution in [0.4, 0.5) is 0 Å². The van der Waals surface area contributed by atoms with Crippen LogP contribution in [0.15, 0.2) is 18.2 Å². The molecule has 1 aromatic heterocycles. The molecule has 0 radical (unpaired) electrons. The topological polar surface area (TPSA) is 48.4 Å². The Morgan fingerprint density at radius 3 is 3.06 bits per heavy atom. The van der Waals surface area contributed by atoms with Gasteiger partial charge in [0.05, 0.1) is 29.9 Å². The fraction of sp³-hybridized carbons (Fsp3) is 0.583. The number of aromatic nitrogens is 1. The van der Waals surface area contributed by atoms with Gasteiger partial charge in [-0.2, -0.15) is 0 Å². The van der Waals surface area contributed by atoms with Crippen LogP contribution in [0.5, 0.6) is 5.88 Å². The van der Waals surface area contributed by atoms with Gasteiger partial charge < -0.3 is 9.47 Å². The molecule has 5 heteroatoms. The van der Waals surface area contributed by atoms with Gasteiger partial charge in [-0.3, -0.25) is 4.21 Å². The van der Waals surface area contributed by atoms with E-state index < -0.39 is 10.8 Å². The van der Waals surface area contributed by atoms with Gasteiger partial charge in [0.15, 0.2) is 0 Å². The first-order valence-corrected chi connectivity index (χ1v) is 7.07. The van der Waals surface area contributed by atoms with Gasteiger partial charge >= 0.3 is 0 Å². The lowest BCUT2D eigenvalue weighted by molar-refractivity contribution is 0.127. The Morgan fingerprint density at radius 2 is 2.41 bits per heavy atom. The molecule has 1 aliphatic heterocycles. The van der Waals surface area contributed by atoms with E-state index in [4.69, 9.17) is 9.47 Å². The van der Waals surface area contributed by atoms with Crippen molar-refractivity contribution < 1.29 is 13.7 Å². The predicted octanol–water partition coefficient (Wildman–Crippen LogP) is 1.52. The molecule has 0 saturated carbocycles. The average molecular weight is 255 g/mol. The van der Waals surface area contributed by atoms with Crippen LogP contribution < -0.4 is 4.74 Å². The molecule has 3 atom stereocenters. The molecule has 1 fully saturated rings. The predicted molar refractivity (Wildman–Crippen MR) is 66.5 cm³/mol. The highest BCUT2D eigenvalue weighted by atomic mass is 32.2. The molecule has 0 bridgehead atoms. The molecule has 94 valence electrons. The Labute approximate surface area is 104 Å². The summed E-state index contributed by atoms with van der Waals surface area (Å²) in [6, 6.07) is 5.53. The molecule has 1 aliphatic rings. The van der Waals surface area contributed by atoms with Crippen molar-refractivity contribution in [2.24, 2.45) is 0 Å². The lowest BCUT2D eigenvalue weighted by atomic mass is 10.3. The fourth-order valence-corrected chi connectivity index (χ4v) is 3.49. The first kappa shape index (κ1) is 12.5. The molecule has 0 aliphatic carbocycles. The summed E-state index contributed by atoms with van der Waals surface area (Å²) in [5.41, 5.74) is 0.807. The molecule has 1 aromatic rings. The third-order valence-electron chi connectivity index (χ3n) is 2.92. The third kappa shape index (κ3) is 3.04. The van der Waals surface area contributed by atoms with Crippen LogP contribution in [-0.2, 0) is 21.3 Å². The summed E-state index contributed by atoms with van der Waals surface area (Å²) in [7, 11) is 0.650. The highest BCUT2D eigenvalue weighted by Gasteiger charge is 2.29. The average Bonchev–Trinajstić information content (AvgIpc) is 2.76. The summed E-state index contributed by atoms with van der Waals surface area (Å²) in [6.45, 7) is 2.69. The van der Waals surface area contributed by atoms with Crippen LogP contribution in [0.3, 0.4) is 0 Å². The van der Waals surface area contributed by atoms with Crippen LogP contribution in [0.2, 0.25) is 0 Å². The molecular formula is C12H17NO3S. The minimum absolute atomic E-state index is 0.0847. The van der Waals surface area contributed by atoms with E-state index in [0.717, 1.165) is 12.1 Å². The van der Waals surface area contributed by atoms with Crippen LogP contribution in [0.25, 0.3) is 0 Å². The SMILES string of the molecule is COc1cccc(C[S@](=O)[C@@H]2CCO[C@H]2C)n1. The van der Waals surface area contributed by atoms with Gasteiger partial charge in [-0.05, 0) is 19.4 Å². The van der Waals surface area contributed by atoms with E-state index in [1.54, 1.807) is 13.2 Å². The summed E-state index contributed by atoms with van der Waals surface area (Å²) in [4.78, 5) is 4.27. The van der Waals surface area contributed by atoms with Crippen molar-refractivity contribution in [1.82, 2.24) is 4.98 Å². The maximum atomic E-state index is 12.2. The van der Waals surface area contributed by atoms with Gasteiger partial charge in [0.2, 0.25) is 5.88 Å². The standard InChI is InChI=1S/C12H17NO3S/c1-9-11(6-7-16-9)17(14)8-10-4-3-5-12(13-10)15-2/h3-5,9,11H,6-8H2,1-2H3/t9-,11+,17-/m0/s1. The van der Waals surface area contributed by atoms with E-state index in [1.165, 1.54) is 0 Å². The van der Waals surface area contributed by atoms with Gasteiger partial charge in [0.25, 0.3) is 0 Å². The van der Waals surface area contributed by atoms with E-state index in [-0.39, 0.29) is 11.4 Å². The zero-order chi connectivity index (χ0) is 12.3. The van der Waals surface area contributed by atoms with E-state index >= 15 is 0 Å². The van der Waals surface area contributed by atoms with Crippen molar-refractivity contribution in [3.8, 4) is 5.88 Å². The molecule has 0 spiro atoms. The Kier molecular flexibility index (Phi) is 4.12. The molecular weight excluding hydrogens is 238 g/mol. The molecule has 0 amide bonds. The number of rotatable bonds is 4. The molecule has 2 heterocycles. The van der Waals surface area contributed by atoms with Crippen molar-refractivity contribution in [3.05, 3.63) is 23.9 Å². The number of ether oxygens (including phenoxy) is 2. The van der Waals surface area contributed by atoms with E-state index in [1.807, 2.05) is 19.1 Å². The second-order valence-corrected chi connectivity index (χ2v) is 5.76. The second-order valence-electron chi connectivity index (χ2n) is 4.10. The number of hydrogen-bond donors (Lipinski definition) is 0. The lowest BCUT2D eigenvalue weighted by Crippen LogP contribution is -2.24. The highest BCUT2D eigenvalue weighted by Crippen LogP contribution is 2.21. The fourth-order valence-electron chi connectivity index (χ4n) is 1.96. The van der Waals surface area contributed by atoms with Crippen molar-refractivity contribution in [2.45, 2.75) is 30.5 Å². The maximum Gasteiger partial charge on any atom is 0.213 e. The minimum atomic E-state index is -0.930. The van der Waals surface area contributed by atoms with Crippen LogP contribution in [0.1, 0.15) is 19.0 Å². The van der Waals surface area contributed by atoms with Gasteiger partial charge in [-0.1, -0.05) is 6.07 Å². The largest absolute Gasteiger partial charge is 0.481 e. The zero-order valence-corrected chi connectivity index (χ0v) is 10.9. The third-order valence-corrected chi connectivity index (χ3v) is 4.80. The van der Waals surface area contributed by atoms with Crippen molar-refractivity contribution in [3.63, 3.8) is 0 Å². The highest BCUT2D eigenvalue weighted by molar-refractivity contribution is 7.84. The van der Waals surface area contributed by atoms with E-state index in [9.17, 15) is 4.21 Å². The summed E-state index contributed by atoms with van der Waals surface area (Å²) in [5, 5.41) is 0.128. The van der Waals surface area contributed by atoms with Gasteiger partial charge in [-0.15, -0.1) is 0 Å². The molecule has 4 nitrogen and oxygen atoms in total. The monoisotopic (exact) mass is 255 g/mol. The lowest BCUT2D eigenvalue weighted by Gasteiger charge is -2.13. The van der Waals surface area contributed by atoms with E-state index in [2.05, 4.69) is 4.98 Å². The Bertz CT molecular complexity index is 410. The molecule has 0 N–H and O–H groups in total. The molecule has 0 aromatic carbocycles. The summed E-state index contributed by atoms with van der Waals surface area (Å²) >= 11 is 0. The quantitative estimate of drug-likeness (QED) is 0.818. The first-order valence-electron chi connectivity index (χ1n) is 5.69. The maximum absolute atomic E-state index is 12.2. The van der Waals surface area contributed by atoms with Gasteiger partial charge in [0.1, 0.15) is 0 Å². The molecule has 0 unspecified atom stereocenters. The van der Waals surface area contributed by atoms with Crippen molar-refractivity contribution in [2.75, 3.05) is 13.7 Å². The summed E-state index contributed by atoms with van der Waals surface area (Å²) < 4.78 is 22.7. The van der Waals surface area contributed by atoms with Gasteiger partial charge in [0, 0.05) is 23.5 Å². The second kappa shape index (κ2) is 5.60. The normalized spacial score (nSPS) is 25.8. The Balaban J connectivity index is 2.02. The number of methoxy groups -OCH3 is 1. The minimum Gasteiger partial charge on any atom is -0.481 e. The molecule has 2 rings (SSSR count). The Morgan fingerprint density at radius 1 is 1.59 bits per heavy atom. The van der Waals surface area contributed by atoms with E-state index in [0.29, 0.717) is 18.2 Å². The summed E-state index contributed by atoms with van der Waals surface area (Å²) in [5.74, 6) is 1.03.